The van der Waals surface area contributed by atoms with Crippen molar-refractivity contribution in [1.29, 1.82) is 0 Å². The minimum absolute atomic E-state index is 0.554. The van der Waals surface area contributed by atoms with E-state index in [1.54, 1.807) is 6.20 Å². The molecule has 4 heterocycles. The molecule has 63 heavy (non-hydrogen) atoms. The number of para-hydroxylation sites is 3. The summed E-state index contributed by atoms with van der Waals surface area (Å²) in [7, 11) is -2.75. The van der Waals surface area contributed by atoms with Crippen LogP contribution in [0.4, 0.5) is 0 Å². The van der Waals surface area contributed by atoms with E-state index in [1.807, 2.05) is 18.3 Å². The smallest absolute Gasteiger partial charge is 0.179 e. The fraction of sp³-hybridized carbons (Fsp3) is 0. The number of hydrogen-bond donors (Lipinski definition) is 0. The number of nitrogens with zero attached hydrogens (tertiary/aromatic N) is 5. The average Bonchev–Trinajstić information content (AvgIpc) is 3.91. The van der Waals surface area contributed by atoms with Crippen LogP contribution in [-0.4, -0.2) is 32.6 Å². The molecule has 6 nitrogen and oxygen atoms in total. The maximum absolute atomic E-state index is 6.34. The summed E-state index contributed by atoms with van der Waals surface area (Å²) in [6, 6.07) is 75.5. The number of fused-ring (bicyclic) bond motifs is 6. The Hall–Kier alpha value is -8.26. The predicted octanol–water partition coefficient (Wildman–Crippen LogP) is 10.6. The molecule has 0 radical (unpaired) electrons. The van der Waals surface area contributed by atoms with Crippen molar-refractivity contribution >= 4 is 72.6 Å². The molecule has 7 heteroatoms. The van der Waals surface area contributed by atoms with E-state index in [0.29, 0.717) is 17.5 Å². The Bertz CT molecular complexity index is 3470. The second kappa shape index (κ2) is 15.0. The second-order valence-corrected chi connectivity index (χ2v) is 19.6. The molecular formula is C56H37N5OSi. The molecule has 0 saturated heterocycles. The summed E-state index contributed by atoms with van der Waals surface area (Å²) in [5.41, 5.74) is 7.37. The van der Waals surface area contributed by atoms with Crippen LogP contribution in [0.15, 0.2) is 229 Å². The molecule has 0 unspecified atom stereocenters. The first kappa shape index (κ1) is 36.6. The van der Waals surface area contributed by atoms with Crippen LogP contribution in [-0.2, 0) is 0 Å². The number of benzene rings is 8. The van der Waals surface area contributed by atoms with Gasteiger partial charge in [0.25, 0.3) is 0 Å². The first-order chi connectivity index (χ1) is 31.2. The van der Waals surface area contributed by atoms with Crippen molar-refractivity contribution in [1.82, 2.24) is 24.5 Å². The molecule has 8 aromatic carbocycles. The largest absolute Gasteiger partial charge is 0.456 e. The van der Waals surface area contributed by atoms with E-state index >= 15 is 0 Å². The van der Waals surface area contributed by atoms with E-state index in [-0.39, 0.29) is 0 Å². The van der Waals surface area contributed by atoms with Crippen LogP contribution in [0.5, 0.6) is 0 Å². The van der Waals surface area contributed by atoms with Crippen LogP contribution in [0, 0.1) is 0 Å². The minimum atomic E-state index is -2.75. The number of rotatable bonds is 8. The zero-order chi connectivity index (χ0) is 41.7. The molecule has 0 aliphatic heterocycles. The molecule has 0 fully saturated rings. The topological polar surface area (TPSA) is 69.6 Å². The zero-order valence-corrected chi connectivity index (χ0v) is 35.0. The number of furan rings is 1. The van der Waals surface area contributed by atoms with Gasteiger partial charge in [-0.15, -0.1) is 0 Å². The van der Waals surface area contributed by atoms with Gasteiger partial charge in [0.1, 0.15) is 11.2 Å². The minimum Gasteiger partial charge on any atom is -0.456 e. The highest BCUT2D eigenvalue weighted by molar-refractivity contribution is 7.19. The van der Waals surface area contributed by atoms with Crippen molar-refractivity contribution < 1.29 is 4.42 Å². The molecule has 0 N–H and O–H groups in total. The Balaban J connectivity index is 1.07. The van der Waals surface area contributed by atoms with E-state index in [9.17, 15) is 0 Å². The Labute approximate surface area is 364 Å². The molecule has 12 aromatic rings. The Morgan fingerprint density at radius 1 is 0.381 bits per heavy atom. The number of pyridine rings is 1. The van der Waals surface area contributed by atoms with Crippen molar-refractivity contribution in [2.24, 2.45) is 0 Å². The standard InChI is InChI=1S/C56H37N5OSi/c1-4-16-40(17-5-1)63(41-18-6-2-7-19-41,42-20-8-3-9-21-42)43-31-28-38(29-32-43)54-58-55(39-30-33-46-48-37-57-35-34-52(48)62-53(46)36-39)60-56(59-54)47-24-12-15-27-51(47)61-49-25-13-10-22-44(49)45-23-11-14-26-50(45)61/h1-37H. The van der Waals surface area contributed by atoms with Crippen LogP contribution in [0.2, 0.25) is 0 Å². The van der Waals surface area contributed by atoms with Crippen molar-refractivity contribution in [3.05, 3.63) is 225 Å². The zero-order valence-electron chi connectivity index (χ0n) is 34.0. The van der Waals surface area contributed by atoms with Gasteiger partial charge in [-0.25, -0.2) is 15.0 Å². The number of hydrogen-bond acceptors (Lipinski definition) is 5. The predicted molar refractivity (Wildman–Crippen MR) is 259 cm³/mol. The van der Waals surface area contributed by atoms with Crippen LogP contribution in [0.3, 0.4) is 0 Å². The first-order valence-electron chi connectivity index (χ1n) is 21.1. The third kappa shape index (κ3) is 6.01. The fourth-order valence-corrected chi connectivity index (χ4v) is 14.2. The highest BCUT2D eigenvalue weighted by atomic mass is 28.3. The van der Waals surface area contributed by atoms with E-state index in [2.05, 4.69) is 210 Å². The van der Waals surface area contributed by atoms with Crippen LogP contribution >= 0.6 is 0 Å². The molecule has 0 aliphatic rings. The third-order valence-electron chi connectivity index (χ3n) is 12.3. The molecule has 12 rings (SSSR count). The van der Waals surface area contributed by atoms with Gasteiger partial charge >= 0.3 is 0 Å². The lowest BCUT2D eigenvalue weighted by atomic mass is 10.1. The first-order valence-corrected chi connectivity index (χ1v) is 23.1. The molecule has 4 aromatic heterocycles. The van der Waals surface area contributed by atoms with Crippen molar-refractivity contribution in [2.45, 2.75) is 0 Å². The molecule has 0 saturated carbocycles. The van der Waals surface area contributed by atoms with E-state index < -0.39 is 8.07 Å². The van der Waals surface area contributed by atoms with E-state index in [4.69, 9.17) is 19.4 Å². The van der Waals surface area contributed by atoms with Gasteiger partial charge in [-0.05, 0) is 63.2 Å². The maximum atomic E-state index is 6.34. The summed E-state index contributed by atoms with van der Waals surface area (Å²) in [6.07, 6.45) is 3.60. The lowest BCUT2D eigenvalue weighted by Gasteiger charge is -2.34. The Kier molecular flexibility index (Phi) is 8.72. The Morgan fingerprint density at radius 3 is 1.52 bits per heavy atom. The summed E-state index contributed by atoms with van der Waals surface area (Å²) in [6.45, 7) is 0. The van der Waals surface area contributed by atoms with Gasteiger partial charge in [-0.1, -0.05) is 170 Å². The van der Waals surface area contributed by atoms with Gasteiger partial charge in [0.2, 0.25) is 0 Å². The summed E-state index contributed by atoms with van der Waals surface area (Å²) >= 11 is 0. The molecule has 0 atom stereocenters. The molecular weight excluding hydrogens is 787 g/mol. The molecule has 0 spiro atoms. The average molecular weight is 824 g/mol. The summed E-state index contributed by atoms with van der Waals surface area (Å²) < 4.78 is 8.66. The SMILES string of the molecule is c1ccc([Si](c2ccccc2)(c2ccccc2)c2ccc(-c3nc(-c4ccc5c(c4)oc4ccncc45)nc(-c4ccccc4-n4c5ccccc5c5ccccc54)n3)cc2)cc1. The van der Waals surface area contributed by atoms with Crippen LogP contribution in [0.1, 0.15) is 0 Å². The van der Waals surface area contributed by atoms with Crippen molar-refractivity contribution in [3.63, 3.8) is 0 Å². The van der Waals surface area contributed by atoms with Gasteiger partial charge in [0.05, 0.1) is 16.7 Å². The summed E-state index contributed by atoms with van der Waals surface area (Å²) in [5.74, 6) is 1.71. The summed E-state index contributed by atoms with van der Waals surface area (Å²) in [4.78, 5) is 20.2. The normalized spacial score (nSPS) is 11.8. The lowest BCUT2D eigenvalue weighted by molar-refractivity contribution is 0.668. The Morgan fingerprint density at radius 2 is 0.889 bits per heavy atom. The van der Waals surface area contributed by atoms with Crippen LogP contribution < -0.4 is 20.7 Å². The highest BCUT2D eigenvalue weighted by Gasteiger charge is 2.41. The lowest BCUT2D eigenvalue weighted by Crippen LogP contribution is -2.74. The van der Waals surface area contributed by atoms with Crippen LogP contribution in [0.25, 0.3) is 83.6 Å². The molecule has 0 amide bonds. The van der Waals surface area contributed by atoms with Crippen molar-refractivity contribution in [3.8, 4) is 39.9 Å². The molecule has 296 valence electrons. The third-order valence-corrected chi connectivity index (χ3v) is 17.1. The summed E-state index contributed by atoms with van der Waals surface area (Å²) in [5, 5.41) is 9.57. The van der Waals surface area contributed by atoms with E-state index in [0.717, 1.165) is 55.3 Å². The van der Waals surface area contributed by atoms with Gasteiger partial charge in [0.15, 0.2) is 25.5 Å². The van der Waals surface area contributed by atoms with Gasteiger partial charge in [-0.3, -0.25) is 4.98 Å². The van der Waals surface area contributed by atoms with Gasteiger partial charge in [0, 0.05) is 50.6 Å². The molecule has 0 aliphatic carbocycles. The molecule has 0 bridgehead atoms. The monoisotopic (exact) mass is 823 g/mol. The van der Waals surface area contributed by atoms with E-state index in [1.165, 1.54) is 31.5 Å². The maximum Gasteiger partial charge on any atom is 0.179 e. The van der Waals surface area contributed by atoms with Gasteiger partial charge < -0.3 is 8.98 Å². The second-order valence-electron chi connectivity index (χ2n) is 15.8. The van der Waals surface area contributed by atoms with Gasteiger partial charge in [-0.2, -0.15) is 0 Å². The quantitative estimate of drug-likeness (QED) is 0.113. The van der Waals surface area contributed by atoms with Crippen molar-refractivity contribution in [2.75, 3.05) is 0 Å². The fourth-order valence-electron chi connectivity index (χ4n) is 9.49. The number of aromatic nitrogens is 5. The highest BCUT2D eigenvalue weighted by Crippen LogP contribution is 2.37.